The fourth-order valence-electron chi connectivity index (χ4n) is 2.57. The van der Waals surface area contributed by atoms with Gasteiger partial charge in [-0.05, 0) is 12.1 Å². The normalized spacial score (nSPS) is 20.6. The summed E-state index contributed by atoms with van der Waals surface area (Å²) in [6.45, 7) is 0. The Morgan fingerprint density at radius 3 is 2.86 bits per heavy atom. The summed E-state index contributed by atoms with van der Waals surface area (Å²) in [6, 6.07) is 10.2. The van der Waals surface area contributed by atoms with Crippen LogP contribution in [-0.2, 0) is 0 Å². The zero-order valence-electron chi connectivity index (χ0n) is 11.5. The summed E-state index contributed by atoms with van der Waals surface area (Å²) in [5.41, 5.74) is 7.50. The summed E-state index contributed by atoms with van der Waals surface area (Å²) in [4.78, 5) is 0. The van der Waals surface area contributed by atoms with E-state index in [1.54, 1.807) is 25.3 Å². The van der Waals surface area contributed by atoms with Gasteiger partial charge in [0.1, 0.15) is 23.4 Å². The SMILES string of the molecule is COc1ccc2c(c1)OC(c1cccc(Cl)c1F)CC2N. The van der Waals surface area contributed by atoms with Crippen molar-refractivity contribution in [2.75, 3.05) is 7.11 Å². The van der Waals surface area contributed by atoms with Crippen molar-refractivity contribution >= 4 is 11.6 Å². The Bertz CT molecular complexity index is 677. The topological polar surface area (TPSA) is 44.5 Å². The first-order valence-electron chi connectivity index (χ1n) is 6.64. The smallest absolute Gasteiger partial charge is 0.148 e. The van der Waals surface area contributed by atoms with Crippen molar-refractivity contribution in [1.29, 1.82) is 0 Å². The fourth-order valence-corrected chi connectivity index (χ4v) is 2.75. The van der Waals surface area contributed by atoms with Crippen LogP contribution in [0.25, 0.3) is 0 Å². The van der Waals surface area contributed by atoms with Crippen LogP contribution in [0.5, 0.6) is 11.5 Å². The molecule has 0 radical (unpaired) electrons. The van der Waals surface area contributed by atoms with Gasteiger partial charge in [-0.25, -0.2) is 4.39 Å². The van der Waals surface area contributed by atoms with Gasteiger partial charge in [-0.15, -0.1) is 0 Å². The number of nitrogens with two attached hydrogens (primary N) is 1. The lowest BCUT2D eigenvalue weighted by Gasteiger charge is -2.31. The van der Waals surface area contributed by atoms with Crippen molar-refractivity contribution in [3.8, 4) is 11.5 Å². The summed E-state index contributed by atoms with van der Waals surface area (Å²) < 4.78 is 25.2. The largest absolute Gasteiger partial charge is 0.497 e. The second-order valence-electron chi connectivity index (χ2n) is 5.00. The third-order valence-electron chi connectivity index (χ3n) is 3.69. The molecule has 1 aliphatic rings. The van der Waals surface area contributed by atoms with E-state index >= 15 is 0 Å². The van der Waals surface area contributed by atoms with Crippen LogP contribution in [0.2, 0.25) is 5.02 Å². The van der Waals surface area contributed by atoms with Gasteiger partial charge in [0.2, 0.25) is 0 Å². The molecule has 2 unspecified atom stereocenters. The van der Waals surface area contributed by atoms with E-state index in [0.29, 0.717) is 23.5 Å². The highest BCUT2D eigenvalue weighted by Crippen LogP contribution is 2.42. The molecule has 0 amide bonds. The third kappa shape index (κ3) is 2.57. The van der Waals surface area contributed by atoms with E-state index < -0.39 is 11.9 Å². The highest BCUT2D eigenvalue weighted by atomic mass is 35.5. The first-order valence-corrected chi connectivity index (χ1v) is 7.02. The summed E-state index contributed by atoms with van der Waals surface area (Å²) in [7, 11) is 1.58. The predicted molar refractivity (Wildman–Crippen MR) is 79.3 cm³/mol. The minimum atomic E-state index is -0.460. The second kappa shape index (κ2) is 5.54. The van der Waals surface area contributed by atoms with Gasteiger partial charge in [0.15, 0.2) is 0 Å². The molecule has 5 heteroatoms. The molecule has 0 aromatic heterocycles. The number of rotatable bonds is 2. The number of halogens is 2. The van der Waals surface area contributed by atoms with E-state index in [1.165, 1.54) is 6.07 Å². The lowest BCUT2D eigenvalue weighted by atomic mass is 9.93. The average Bonchev–Trinajstić information content (AvgIpc) is 2.49. The van der Waals surface area contributed by atoms with Gasteiger partial charge < -0.3 is 15.2 Å². The minimum absolute atomic E-state index is 0.0844. The molecular formula is C16H15ClFNO2. The molecule has 21 heavy (non-hydrogen) atoms. The summed E-state index contributed by atoms with van der Waals surface area (Å²) >= 11 is 5.84. The maximum absolute atomic E-state index is 14.2. The lowest BCUT2D eigenvalue weighted by molar-refractivity contribution is 0.157. The molecule has 0 bridgehead atoms. The van der Waals surface area contributed by atoms with Gasteiger partial charge in [0.05, 0.1) is 12.1 Å². The standard InChI is InChI=1S/C16H15ClFNO2/c1-20-9-5-6-10-13(19)8-15(21-14(10)7-9)11-3-2-4-12(17)16(11)18/h2-7,13,15H,8,19H2,1H3. The molecule has 0 spiro atoms. The Morgan fingerprint density at radius 2 is 2.10 bits per heavy atom. The molecule has 2 atom stereocenters. The molecular weight excluding hydrogens is 293 g/mol. The maximum Gasteiger partial charge on any atom is 0.148 e. The molecule has 2 aromatic carbocycles. The highest BCUT2D eigenvalue weighted by Gasteiger charge is 2.29. The van der Waals surface area contributed by atoms with Crippen LogP contribution in [0.4, 0.5) is 4.39 Å². The van der Waals surface area contributed by atoms with Crippen LogP contribution in [0, 0.1) is 5.82 Å². The van der Waals surface area contributed by atoms with Crippen LogP contribution >= 0.6 is 11.6 Å². The maximum atomic E-state index is 14.2. The molecule has 1 aliphatic heterocycles. The number of ether oxygens (including phenoxy) is 2. The van der Waals surface area contributed by atoms with Crippen molar-refractivity contribution in [3.63, 3.8) is 0 Å². The summed E-state index contributed by atoms with van der Waals surface area (Å²) in [6.07, 6.45) is 0.0367. The van der Waals surface area contributed by atoms with Crippen molar-refractivity contribution in [2.24, 2.45) is 5.73 Å². The Kier molecular flexibility index (Phi) is 3.74. The molecule has 3 nitrogen and oxygen atoms in total. The molecule has 2 N–H and O–H groups in total. The molecule has 0 saturated carbocycles. The van der Waals surface area contributed by atoms with Crippen LogP contribution in [0.15, 0.2) is 36.4 Å². The van der Waals surface area contributed by atoms with E-state index in [-0.39, 0.29) is 11.1 Å². The second-order valence-corrected chi connectivity index (χ2v) is 5.40. The molecule has 0 aliphatic carbocycles. The molecule has 1 heterocycles. The first-order chi connectivity index (χ1) is 10.1. The highest BCUT2D eigenvalue weighted by molar-refractivity contribution is 6.30. The van der Waals surface area contributed by atoms with Crippen LogP contribution in [0.1, 0.15) is 29.7 Å². The Hall–Kier alpha value is -1.78. The van der Waals surface area contributed by atoms with Crippen LogP contribution in [0.3, 0.4) is 0 Å². The Morgan fingerprint density at radius 1 is 1.29 bits per heavy atom. The number of benzene rings is 2. The van der Waals surface area contributed by atoms with Crippen LogP contribution < -0.4 is 15.2 Å². The molecule has 2 aromatic rings. The molecule has 0 saturated heterocycles. The number of hydrogen-bond acceptors (Lipinski definition) is 3. The van der Waals surface area contributed by atoms with Gasteiger partial charge in [0, 0.05) is 29.7 Å². The van der Waals surface area contributed by atoms with E-state index in [0.717, 1.165) is 5.56 Å². The van der Waals surface area contributed by atoms with Gasteiger partial charge in [0.25, 0.3) is 0 Å². The van der Waals surface area contributed by atoms with E-state index in [4.69, 9.17) is 26.8 Å². The van der Waals surface area contributed by atoms with Crippen molar-refractivity contribution < 1.29 is 13.9 Å². The van der Waals surface area contributed by atoms with E-state index in [2.05, 4.69) is 0 Å². The fraction of sp³-hybridized carbons (Fsp3) is 0.250. The number of fused-ring (bicyclic) bond motifs is 1. The van der Waals surface area contributed by atoms with Crippen molar-refractivity contribution in [2.45, 2.75) is 18.6 Å². The average molecular weight is 308 g/mol. The lowest BCUT2D eigenvalue weighted by Crippen LogP contribution is -2.24. The Labute approximate surface area is 127 Å². The monoisotopic (exact) mass is 307 g/mol. The van der Waals surface area contributed by atoms with E-state index in [1.807, 2.05) is 12.1 Å². The van der Waals surface area contributed by atoms with Gasteiger partial charge in [-0.1, -0.05) is 29.8 Å². The molecule has 110 valence electrons. The van der Waals surface area contributed by atoms with Crippen molar-refractivity contribution in [3.05, 3.63) is 58.4 Å². The Balaban J connectivity index is 1.99. The van der Waals surface area contributed by atoms with Crippen LogP contribution in [-0.4, -0.2) is 7.11 Å². The first kappa shape index (κ1) is 14.2. The minimum Gasteiger partial charge on any atom is -0.497 e. The van der Waals surface area contributed by atoms with E-state index in [9.17, 15) is 4.39 Å². The molecule has 3 rings (SSSR count). The zero-order valence-corrected chi connectivity index (χ0v) is 12.2. The van der Waals surface area contributed by atoms with Crippen molar-refractivity contribution in [1.82, 2.24) is 0 Å². The third-order valence-corrected chi connectivity index (χ3v) is 3.98. The number of methoxy groups -OCH3 is 1. The van der Waals surface area contributed by atoms with Gasteiger partial charge in [-0.3, -0.25) is 0 Å². The van der Waals surface area contributed by atoms with Gasteiger partial charge in [-0.2, -0.15) is 0 Å². The summed E-state index contributed by atoms with van der Waals surface area (Å²) in [5, 5.41) is 0.0844. The quantitative estimate of drug-likeness (QED) is 0.911. The number of hydrogen-bond donors (Lipinski definition) is 1. The molecule has 0 fully saturated rings. The predicted octanol–water partition coefficient (Wildman–Crippen LogP) is 4.01. The van der Waals surface area contributed by atoms with Gasteiger partial charge >= 0.3 is 0 Å². The summed E-state index contributed by atoms with van der Waals surface area (Å²) in [5.74, 6) is 0.841. The zero-order chi connectivity index (χ0) is 15.0.